The van der Waals surface area contributed by atoms with Crippen molar-refractivity contribution >= 4 is 23.5 Å². The molecule has 0 bridgehead atoms. The normalized spacial score (nSPS) is 11.8. The number of H-pyrrole nitrogens is 1. The van der Waals surface area contributed by atoms with Crippen molar-refractivity contribution in [1.29, 1.82) is 0 Å². The third-order valence-corrected chi connectivity index (χ3v) is 4.38. The molecule has 0 aliphatic carbocycles. The Kier molecular flexibility index (Phi) is 5.60. The summed E-state index contributed by atoms with van der Waals surface area (Å²) in [5.74, 6) is -1.38. The summed E-state index contributed by atoms with van der Waals surface area (Å²) in [6.45, 7) is 1.83. The second-order valence-electron chi connectivity index (χ2n) is 6.16. The van der Waals surface area contributed by atoms with E-state index in [2.05, 4.69) is 15.4 Å². The number of aryl methyl sites for hydroxylation is 1. The maximum absolute atomic E-state index is 12.6. The van der Waals surface area contributed by atoms with Crippen LogP contribution < -0.4 is 10.9 Å². The number of amides is 1. The largest absolute Gasteiger partial charge is 0.481 e. The van der Waals surface area contributed by atoms with Gasteiger partial charge in [0.05, 0.1) is 17.5 Å². The average molecular weight is 401 g/mol. The van der Waals surface area contributed by atoms with Gasteiger partial charge in [-0.3, -0.25) is 19.5 Å². The number of aromatic nitrogens is 3. The van der Waals surface area contributed by atoms with Crippen molar-refractivity contribution in [1.82, 2.24) is 20.1 Å². The Hall–Kier alpha value is -3.39. The molecule has 0 radical (unpaired) electrons. The van der Waals surface area contributed by atoms with E-state index in [1.165, 1.54) is 12.3 Å². The highest BCUT2D eigenvalue weighted by molar-refractivity contribution is 6.30. The van der Waals surface area contributed by atoms with Crippen molar-refractivity contribution in [3.8, 4) is 5.82 Å². The number of aromatic amines is 1. The van der Waals surface area contributed by atoms with Gasteiger partial charge in [0.2, 0.25) is 0 Å². The molecule has 0 spiro atoms. The quantitative estimate of drug-likeness (QED) is 0.587. The van der Waals surface area contributed by atoms with E-state index in [1.807, 2.05) is 19.1 Å². The molecule has 0 aliphatic heterocycles. The zero-order valence-electron chi connectivity index (χ0n) is 14.8. The SMILES string of the molecule is Cc1ccccc1[C@H](CC(=O)O)NC(=O)c1cc(=O)n(-c2ccc(Cl)cn2)[nH]1. The lowest BCUT2D eigenvalue weighted by atomic mass is 9.98. The van der Waals surface area contributed by atoms with Crippen LogP contribution in [0, 0.1) is 6.92 Å². The third-order valence-electron chi connectivity index (χ3n) is 4.15. The molecule has 1 aromatic carbocycles. The molecule has 0 fully saturated rings. The number of benzene rings is 1. The first kappa shape index (κ1) is 19.4. The Bertz CT molecular complexity index is 1070. The highest BCUT2D eigenvalue weighted by Gasteiger charge is 2.22. The number of carboxylic acid groups (broad SMARTS) is 1. The lowest BCUT2D eigenvalue weighted by Gasteiger charge is -2.19. The Morgan fingerprint density at radius 1 is 1.29 bits per heavy atom. The molecule has 1 atom stereocenters. The van der Waals surface area contributed by atoms with Gasteiger partial charge in [0.25, 0.3) is 11.5 Å². The summed E-state index contributed by atoms with van der Waals surface area (Å²) in [4.78, 5) is 40.1. The fourth-order valence-corrected chi connectivity index (χ4v) is 2.92. The molecule has 9 heteroatoms. The molecule has 3 aromatic rings. The molecule has 0 saturated heterocycles. The van der Waals surface area contributed by atoms with E-state index in [4.69, 9.17) is 11.6 Å². The number of nitrogens with zero attached hydrogens (tertiary/aromatic N) is 2. The van der Waals surface area contributed by atoms with E-state index < -0.39 is 23.5 Å². The van der Waals surface area contributed by atoms with Gasteiger partial charge in [0.15, 0.2) is 5.82 Å². The maximum Gasteiger partial charge on any atom is 0.305 e. The number of halogens is 1. The van der Waals surface area contributed by atoms with Gasteiger partial charge >= 0.3 is 5.97 Å². The molecule has 3 rings (SSSR count). The lowest BCUT2D eigenvalue weighted by Crippen LogP contribution is -2.31. The van der Waals surface area contributed by atoms with E-state index in [9.17, 15) is 19.5 Å². The molecule has 8 nitrogen and oxygen atoms in total. The van der Waals surface area contributed by atoms with Crippen molar-refractivity contribution in [2.24, 2.45) is 0 Å². The minimum atomic E-state index is -1.05. The van der Waals surface area contributed by atoms with E-state index in [0.717, 1.165) is 16.3 Å². The van der Waals surface area contributed by atoms with E-state index in [0.29, 0.717) is 10.6 Å². The van der Waals surface area contributed by atoms with E-state index in [-0.39, 0.29) is 17.9 Å². The van der Waals surface area contributed by atoms with Crippen molar-refractivity contribution < 1.29 is 14.7 Å². The molecule has 3 N–H and O–H groups in total. The average Bonchev–Trinajstić information content (AvgIpc) is 3.04. The number of nitrogens with one attached hydrogen (secondary N) is 2. The molecule has 0 unspecified atom stereocenters. The van der Waals surface area contributed by atoms with Crippen LogP contribution in [0.25, 0.3) is 5.82 Å². The van der Waals surface area contributed by atoms with Crippen molar-refractivity contribution in [2.45, 2.75) is 19.4 Å². The number of carbonyl (C=O) groups is 2. The standard InChI is InChI=1S/C19H17ClN4O4/c1-11-4-2-3-5-13(11)14(9-18(26)27)22-19(28)15-8-17(25)24(23-15)16-7-6-12(20)10-21-16/h2-8,10,14,23H,9H2,1H3,(H,22,28)(H,26,27)/t14-/m0/s1. The van der Waals surface area contributed by atoms with Crippen LogP contribution in [0.15, 0.2) is 53.5 Å². The monoisotopic (exact) mass is 400 g/mol. The van der Waals surface area contributed by atoms with Crippen LogP contribution in [0.4, 0.5) is 0 Å². The van der Waals surface area contributed by atoms with Gasteiger partial charge in [-0.05, 0) is 30.2 Å². The molecule has 1 amide bonds. The molecular formula is C19H17ClN4O4. The number of carboxylic acids is 1. The van der Waals surface area contributed by atoms with Crippen molar-refractivity contribution in [3.05, 3.63) is 80.9 Å². The van der Waals surface area contributed by atoms with Crippen LogP contribution in [-0.2, 0) is 4.79 Å². The zero-order valence-corrected chi connectivity index (χ0v) is 15.6. The second kappa shape index (κ2) is 8.10. The lowest BCUT2D eigenvalue weighted by molar-refractivity contribution is -0.137. The zero-order chi connectivity index (χ0) is 20.3. The minimum Gasteiger partial charge on any atom is -0.481 e. The summed E-state index contributed by atoms with van der Waals surface area (Å²) in [6, 6.07) is 10.7. The molecule has 28 heavy (non-hydrogen) atoms. The van der Waals surface area contributed by atoms with Gasteiger partial charge in [-0.1, -0.05) is 35.9 Å². The third kappa shape index (κ3) is 4.29. The fraction of sp³-hybridized carbons (Fsp3) is 0.158. The predicted octanol–water partition coefficient (Wildman–Crippen LogP) is 2.47. The Morgan fingerprint density at radius 3 is 2.68 bits per heavy atom. The number of rotatable bonds is 6. The summed E-state index contributed by atoms with van der Waals surface area (Å²) in [5, 5.41) is 15.0. The van der Waals surface area contributed by atoms with Crippen molar-refractivity contribution in [3.63, 3.8) is 0 Å². The maximum atomic E-state index is 12.6. The Morgan fingerprint density at radius 2 is 2.04 bits per heavy atom. The van der Waals surface area contributed by atoms with Crippen LogP contribution >= 0.6 is 11.6 Å². The van der Waals surface area contributed by atoms with Gasteiger partial charge in [0.1, 0.15) is 5.69 Å². The fourth-order valence-electron chi connectivity index (χ4n) is 2.81. The van der Waals surface area contributed by atoms with Crippen LogP contribution in [-0.4, -0.2) is 31.7 Å². The first-order valence-electron chi connectivity index (χ1n) is 8.37. The summed E-state index contributed by atoms with van der Waals surface area (Å²) in [6.07, 6.45) is 1.09. The number of pyridine rings is 1. The molecule has 0 aliphatic rings. The first-order chi connectivity index (χ1) is 13.3. The van der Waals surface area contributed by atoms with Gasteiger partial charge < -0.3 is 10.4 Å². The summed E-state index contributed by atoms with van der Waals surface area (Å²) < 4.78 is 1.10. The van der Waals surface area contributed by atoms with E-state index in [1.54, 1.807) is 18.2 Å². The van der Waals surface area contributed by atoms with Crippen LogP contribution in [0.1, 0.15) is 34.1 Å². The van der Waals surface area contributed by atoms with Gasteiger partial charge in [0, 0.05) is 12.3 Å². The molecule has 0 saturated carbocycles. The molecule has 144 valence electrons. The molecule has 2 aromatic heterocycles. The highest BCUT2D eigenvalue weighted by atomic mass is 35.5. The highest BCUT2D eigenvalue weighted by Crippen LogP contribution is 2.21. The Labute approximate surface area is 164 Å². The van der Waals surface area contributed by atoms with Crippen LogP contribution in [0.2, 0.25) is 5.02 Å². The molecule has 2 heterocycles. The van der Waals surface area contributed by atoms with Crippen LogP contribution in [0.5, 0.6) is 0 Å². The topological polar surface area (TPSA) is 117 Å². The minimum absolute atomic E-state index is 0.00859. The smallest absolute Gasteiger partial charge is 0.305 e. The number of carbonyl (C=O) groups excluding carboxylic acids is 1. The van der Waals surface area contributed by atoms with E-state index >= 15 is 0 Å². The predicted molar refractivity (Wildman–Crippen MR) is 103 cm³/mol. The summed E-state index contributed by atoms with van der Waals surface area (Å²) in [7, 11) is 0. The molecular weight excluding hydrogens is 384 g/mol. The summed E-state index contributed by atoms with van der Waals surface area (Å²) in [5.41, 5.74) is 1.06. The second-order valence-corrected chi connectivity index (χ2v) is 6.60. The Balaban J connectivity index is 1.87. The van der Waals surface area contributed by atoms with Gasteiger partial charge in [-0.15, -0.1) is 0 Å². The van der Waals surface area contributed by atoms with Gasteiger partial charge in [-0.2, -0.15) is 0 Å². The van der Waals surface area contributed by atoms with Crippen LogP contribution in [0.3, 0.4) is 0 Å². The number of hydrogen-bond acceptors (Lipinski definition) is 4. The number of aliphatic carboxylic acids is 1. The first-order valence-corrected chi connectivity index (χ1v) is 8.75. The number of hydrogen-bond donors (Lipinski definition) is 3. The van der Waals surface area contributed by atoms with Gasteiger partial charge in [-0.25, -0.2) is 9.67 Å². The van der Waals surface area contributed by atoms with Crippen molar-refractivity contribution in [2.75, 3.05) is 0 Å². The summed E-state index contributed by atoms with van der Waals surface area (Å²) >= 11 is 5.79.